The highest BCUT2D eigenvalue weighted by atomic mass is 15.2. The van der Waals surface area contributed by atoms with Gasteiger partial charge < -0.3 is 5.32 Å². The Balaban J connectivity index is 1.87. The van der Waals surface area contributed by atoms with Crippen LogP contribution in [0.25, 0.3) is 0 Å². The van der Waals surface area contributed by atoms with Gasteiger partial charge in [0.25, 0.3) is 0 Å². The molecule has 18 heavy (non-hydrogen) atoms. The number of hydrogen-bond donors (Lipinski definition) is 1. The van der Waals surface area contributed by atoms with E-state index >= 15 is 0 Å². The molecule has 3 rings (SSSR count). The van der Waals surface area contributed by atoms with E-state index < -0.39 is 0 Å². The predicted molar refractivity (Wildman–Crippen MR) is 75.8 cm³/mol. The normalized spacial score (nSPS) is 28.3. The summed E-state index contributed by atoms with van der Waals surface area (Å²) in [6.45, 7) is 5.88. The molecule has 2 heteroatoms. The Morgan fingerprint density at radius 1 is 1.22 bits per heavy atom. The van der Waals surface area contributed by atoms with Crippen molar-refractivity contribution in [3.63, 3.8) is 0 Å². The van der Waals surface area contributed by atoms with Crippen molar-refractivity contribution < 1.29 is 0 Å². The minimum atomic E-state index is 0.540. The van der Waals surface area contributed by atoms with Gasteiger partial charge in [0.15, 0.2) is 0 Å². The van der Waals surface area contributed by atoms with E-state index in [1.165, 1.54) is 38.8 Å². The number of benzene rings is 1. The van der Waals surface area contributed by atoms with Crippen LogP contribution in [-0.2, 0) is 6.42 Å². The molecule has 1 aliphatic carbocycles. The first kappa shape index (κ1) is 12.2. The molecule has 1 fully saturated rings. The minimum absolute atomic E-state index is 0.540. The summed E-state index contributed by atoms with van der Waals surface area (Å²) >= 11 is 0. The molecule has 2 aliphatic rings. The van der Waals surface area contributed by atoms with Crippen molar-refractivity contribution in [3.05, 3.63) is 35.4 Å². The third-order valence-corrected chi connectivity index (χ3v) is 4.52. The Morgan fingerprint density at radius 2 is 2.00 bits per heavy atom. The lowest BCUT2D eigenvalue weighted by atomic mass is 9.83. The second-order valence-corrected chi connectivity index (χ2v) is 5.58. The van der Waals surface area contributed by atoms with Crippen LogP contribution >= 0.6 is 0 Å². The van der Waals surface area contributed by atoms with Crippen molar-refractivity contribution in [1.82, 2.24) is 10.2 Å². The molecule has 1 N–H and O–H groups in total. The second kappa shape index (κ2) is 5.41. The highest BCUT2D eigenvalue weighted by Gasteiger charge is 2.33. The summed E-state index contributed by atoms with van der Waals surface area (Å²) in [6, 6.07) is 10.2. The van der Waals surface area contributed by atoms with Crippen LogP contribution in [0.1, 0.15) is 43.4 Å². The maximum absolute atomic E-state index is 3.73. The van der Waals surface area contributed by atoms with E-state index in [1.54, 1.807) is 11.1 Å². The van der Waals surface area contributed by atoms with Crippen LogP contribution < -0.4 is 5.32 Å². The highest BCUT2D eigenvalue weighted by Crippen LogP contribution is 2.34. The van der Waals surface area contributed by atoms with Gasteiger partial charge in [0.05, 0.1) is 0 Å². The molecule has 98 valence electrons. The Hall–Kier alpha value is -0.860. The number of hydrogen-bond acceptors (Lipinski definition) is 2. The van der Waals surface area contributed by atoms with E-state index in [0.29, 0.717) is 12.1 Å². The zero-order valence-corrected chi connectivity index (χ0v) is 11.4. The van der Waals surface area contributed by atoms with Gasteiger partial charge in [-0.1, -0.05) is 31.2 Å². The van der Waals surface area contributed by atoms with Crippen molar-refractivity contribution in [2.45, 2.75) is 44.7 Å². The van der Waals surface area contributed by atoms with Crippen LogP contribution in [0.3, 0.4) is 0 Å². The number of nitrogens with one attached hydrogen (secondary N) is 1. The van der Waals surface area contributed by atoms with Gasteiger partial charge in [-0.15, -0.1) is 0 Å². The maximum Gasteiger partial charge on any atom is 0.0480 e. The molecule has 0 spiro atoms. The lowest BCUT2D eigenvalue weighted by Crippen LogP contribution is -2.46. The van der Waals surface area contributed by atoms with Crippen LogP contribution in [0.2, 0.25) is 0 Å². The predicted octanol–water partition coefficient (Wildman–Crippen LogP) is 2.75. The highest BCUT2D eigenvalue weighted by molar-refractivity contribution is 5.34. The molecule has 2 atom stereocenters. The monoisotopic (exact) mass is 244 g/mol. The molecule has 1 aromatic carbocycles. The van der Waals surface area contributed by atoms with Crippen LogP contribution in [0.5, 0.6) is 0 Å². The van der Waals surface area contributed by atoms with E-state index in [2.05, 4.69) is 41.4 Å². The first-order valence-corrected chi connectivity index (χ1v) is 7.45. The van der Waals surface area contributed by atoms with Gasteiger partial charge >= 0.3 is 0 Å². The fourth-order valence-corrected chi connectivity index (χ4v) is 3.68. The summed E-state index contributed by atoms with van der Waals surface area (Å²) in [5.41, 5.74) is 3.10. The topological polar surface area (TPSA) is 15.3 Å². The first-order valence-electron chi connectivity index (χ1n) is 7.45. The average molecular weight is 244 g/mol. The Bertz CT molecular complexity index is 396. The van der Waals surface area contributed by atoms with Crippen molar-refractivity contribution in [1.29, 1.82) is 0 Å². The van der Waals surface area contributed by atoms with Crippen LogP contribution in [0, 0.1) is 0 Å². The van der Waals surface area contributed by atoms with Crippen molar-refractivity contribution in [2.24, 2.45) is 0 Å². The molecule has 0 bridgehead atoms. The SMILES string of the molecule is CCNC1c2ccccc2CCC1N1CCCC1. The van der Waals surface area contributed by atoms with Crippen molar-refractivity contribution in [3.8, 4) is 0 Å². The molecule has 0 radical (unpaired) electrons. The average Bonchev–Trinajstić information content (AvgIpc) is 2.93. The Morgan fingerprint density at radius 3 is 2.78 bits per heavy atom. The van der Waals surface area contributed by atoms with Gasteiger partial charge in [-0.25, -0.2) is 0 Å². The summed E-state index contributed by atoms with van der Waals surface area (Å²) < 4.78 is 0. The zero-order chi connectivity index (χ0) is 12.4. The molecule has 1 heterocycles. The zero-order valence-electron chi connectivity index (χ0n) is 11.4. The van der Waals surface area contributed by atoms with E-state index in [0.717, 1.165) is 6.54 Å². The van der Waals surface area contributed by atoms with E-state index in [1.807, 2.05) is 0 Å². The number of rotatable bonds is 3. The first-order chi connectivity index (χ1) is 8.90. The third kappa shape index (κ3) is 2.19. The molecule has 1 saturated heterocycles. The molecule has 2 nitrogen and oxygen atoms in total. The van der Waals surface area contributed by atoms with Gasteiger partial charge in [-0.3, -0.25) is 4.90 Å². The molecule has 1 aromatic rings. The lowest BCUT2D eigenvalue weighted by molar-refractivity contribution is 0.173. The van der Waals surface area contributed by atoms with Gasteiger partial charge in [0, 0.05) is 12.1 Å². The fourth-order valence-electron chi connectivity index (χ4n) is 3.68. The van der Waals surface area contributed by atoms with Crippen LogP contribution in [-0.4, -0.2) is 30.6 Å². The summed E-state index contributed by atoms with van der Waals surface area (Å²) in [5.74, 6) is 0. The fraction of sp³-hybridized carbons (Fsp3) is 0.625. The van der Waals surface area contributed by atoms with Crippen molar-refractivity contribution in [2.75, 3.05) is 19.6 Å². The van der Waals surface area contributed by atoms with Gasteiger partial charge in [-0.2, -0.15) is 0 Å². The quantitative estimate of drug-likeness (QED) is 0.879. The minimum Gasteiger partial charge on any atom is -0.309 e. The maximum atomic E-state index is 3.73. The number of likely N-dealkylation sites (N-methyl/N-ethyl adjacent to an activating group) is 1. The Labute approximate surface area is 110 Å². The lowest BCUT2D eigenvalue weighted by Gasteiger charge is -2.39. The van der Waals surface area contributed by atoms with Crippen LogP contribution in [0.15, 0.2) is 24.3 Å². The summed E-state index contributed by atoms with van der Waals surface area (Å²) in [6.07, 6.45) is 5.34. The number of likely N-dealkylation sites (tertiary alicyclic amines) is 1. The van der Waals surface area contributed by atoms with E-state index in [-0.39, 0.29) is 0 Å². The van der Waals surface area contributed by atoms with Gasteiger partial charge in [0.2, 0.25) is 0 Å². The largest absolute Gasteiger partial charge is 0.309 e. The molecular weight excluding hydrogens is 220 g/mol. The summed E-state index contributed by atoms with van der Waals surface area (Å²) in [7, 11) is 0. The van der Waals surface area contributed by atoms with Crippen molar-refractivity contribution >= 4 is 0 Å². The molecule has 2 unspecified atom stereocenters. The second-order valence-electron chi connectivity index (χ2n) is 5.58. The number of nitrogens with zero attached hydrogens (tertiary/aromatic N) is 1. The molecule has 0 saturated carbocycles. The Kier molecular flexibility index (Phi) is 3.67. The van der Waals surface area contributed by atoms with E-state index in [9.17, 15) is 0 Å². The number of fused-ring (bicyclic) bond motifs is 1. The number of aryl methyl sites for hydroxylation is 1. The molecule has 0 aromatic heterocycles. The van der Waals surface area contributed by atoms with Gasteiger partial charge in [-0.05, 0) is 56.4 Å². The molecule has 1 aliphatic heterocycles. The summed E-state index contributed by atoms with van der Waals surface area (Å²) in [4.78, 5) is 2.71. The summed E-state index contributed by atoms with van der Waals surface area (Å²) in [5, 5.41) is 3.73. The molecule has 0 amide bonds. The van der Waals surface area contributed by atoms with Gasteiger partial charge in [0.1, 0.15) is 0 Å². The standard InChI is InChI=1S/C16H24N2/c1-2-17-16-14-8-4-3-7-13(14)9-10-15(16)18-11-5-6-12-18/h3-4,7-8,15-17H,2,5-6,9-12H2,1H3. The third-order valence-electron chi connectivity index (χ3n) is 4.52. The van der Waals surface area contributed by atoms with Crippen LogP contribution in [0.4, 0.5) is 0 Å². The smallest absolute Gasteiger partial charge is 0.0480 e. The molecular formula is C16H24N2. The van der Waals surface area contributed by atoms with E-state index in [4.69, 9.17) is 0 Å².